The van der Waals surface area contributed by atoms with Gasteiger partial charge >= 0.3 is 6.03 Å². The third kappa shape index (κ3) is 2.84. The minimum atomic E-state index is -0.251. The molecule has 0 bridgehead atoms. The van der Waals surface area contributed by atoms with Gasteiger partial charge in [-0.1, -0.05) is 6.07 Å². The molecule has 0 aliphatic carbocycles. The van der Waals surface area contributed by atoms with Crippen molar-refractivity contribution in [2.75, 3.05) is 5.32 Å². The second-order valence-corrected chi connectivity index (χ2v) is 5.86. The third-order valence-electron chi connectivity index (χ3n) is 4.25. The predicted octanol–water partition coefficient (Wildman–Crippen LogP) is 3.28. The van der Waals surface area contributed by atoms with E-state index < -0.39 is 0 Å². The zero-order valence-corrected chi connectivity index (χ0v) is 14.3. The first kappa shape index (κ1) is 16.0. The van der Waals surface area contributed by atoms with Gasteiger partial charge in [0, 0.05) is 23.2 Å². The second-order valence-electron chi connectivity index (χ2n) is 5.86. The highest BCUT2D eigenvalue weighted by molar-refractivity contribution is 6.00. The molecule has 126 valence electrons. The maximum Gasteiger partial charge on any atom is 0.319 e. The van der Waals surface area contributed by atoms with Crippen molar-refractivity contribution < 1.29 is 4.79 Å². The van der Waals surface area contributed by atoms with Gasteiger partial charge in [-0.05, 0) is 39.8 Å². The van der Waals surface area contributed by atoms with Gasteiger partial charge < -0.3 is 10.6 Å². The molecule has 2 heterocycles. The largest absolute Gasteiger partial charge is 0.331 e. The Morgan fingerprint density at radius 2 is 2.17 bits per heavy atom. The maximum absolute atomic E-state index is 12.4. The van der Waals surface area contributed by atoms with Gasteiger partial charge in [0.2, 0.25) is 0 Å². The zero-order valence-electron chi connectivity index (χ0n) is 14.3. The Kier molecular flexibility index (Phi) is 4.24. The Bertz CT molecular complexity index is 878. The molecule has 24 heavy (non-hydrogen) atoms. The van der Waals surface area contributed by atoms with Crippen LogP contribution in [0.2, 0.25) is 0 Å². The fourth-order valence-corrected chi connectivity index (χ4v) is 3.15. The number of carbonyl (C=O) groups excluding carboxylic acids is 1. The smallest absolute Gasteiger partial charge is 0.319 e. The Morgan fingerprint density at radius 3 is 2.88 bits per heavy atom. The molecule has 3 rings (SSSR count). The first-order valence-electron chi connectivity index (χ1n) is 8.04. The lowest BCUT2D eigenvalue weighted by Crippen LogP contribution is -2.31. The number of amides is 2. The van der Waals surface area contributed by atoms with E-state index in [-0.39, 0.29) is 12.1 Å². The standard InChI is InChI=1S/C17H22N6O/c1-5-23-12(4)16(11(3)22-23)10(2)19-17(24)20-14-7-6-8-15-13(14)9-18-21-15/h6-10H,5H2,1-4H3,(H,18,21)(H2,19,20,24)/t10-/m0/s1. The molecule has 0 fully saturated rings. The first-order valence-corrected chi connectivity index (χ1v) is 8.04. The highest BCUT2D eigenvalue weighted by Gasteiger charge is 2.19. The summed E-state index contributed by atoms with van der Waals surface area (Å²) in [5.74, 6) is 0. The second kappa shape index (κ2) is 6.35. The van der Waals surface area contributed by atoms with Crippen LogP contribution in [0.5, 0.6) is 0 Å². The van der Waals surface area contributed by atoms with E-state index in [1.54, 1.807) is 6.20 Å². The molecule has 3 N–H and O–H groups in total. The molecule has 0 radical (unpaired) electrons. The van der Waals surface area contributed by atoms with Gasteiger partial charge in [0.15, 0.2) is 0 Å². The van der Waals surface area contributed by atoms with Crippen molar-refractivity contribution in [1.29, 1.82) is 0 Å². The van der Waals surface area contributed by atoms with Crippen molar-refractivity contribution in [1.82, 2.24) is 25.3 Å². The van der Waals surface area contributed by atoms with E-state index >= 15 is 0 Å². The van der Waals surface area contributed by atoms with Crippen LogP contribution in [0.15, 0.2) is 24.4 Å². The molecule has 0 saturated carbocycles. The van der Waals surface area contributed by atoms with Crippen LogP contribution < -0.4 is 10.6 Å². The van der Waals surface area contributed by atoms with E-state index in [2.05, 4.69) is 32.9 Å². The number of aryl methyl sites for hydroxylation is 2. The fourth-order valence-electron chi connectivity index (χ4n) is 3.15. The molecule has 0 aliphatic heterocycles. The summed E-state index contributed by atoms with van der Waals surface area (Å²) in [6.45, 7) is 8.83. The lowest BCUT2D eigenvalue weighted by atomic mass is 10.1. The monoisotopic (exact) mass is 326 g/mol. The highest BCUT2D eigenvalue weighted by atomic mass is 16.2. The summed E-state index contributed by atoms with van der Waals surface area (Å²) in [6, 6.07) is 5.26. The first-order chi connectivity index (χ1) is 11.5. The van der Waals surface area contributed by atoms with Crippen molar-refractivity contribution in [3.63, 3.8) is 0 Å². The van der Waals surface area contributed by atoms with E-state index in [4.69, 9.17) is 0 Å². The maximum atomic E-state index is 12.4. The Labute approximate surface area is 140 Å². The average Bonchev–Trinajstić information content (AvgIpc) is 3.12. The number of aromatic amines is 1. The SMILES string of the molecule is CCn1nc(C)c([C@H](C)NC(=O)Nc2cccc3[nH]ncc23)c1C. The van der Waals surface area contributed by atoms with E-state index in [9.17, 15) is 4.79 Å². The molecule has 0 unspecified atom stereocenters. The van der Waals surface area contributed by atoms with Gasteiger partial charge in [0.1, 0.15) is 0 Å². The number of hydrogen-bond donors (Lipinski definition) is 3. The van der Waals surface area contributed by atoms with Crippen LogP contribution in [0.25, 0.3) is 10.9 Å². The van der Waals surface area contributed by atoms with Gasteiger partial charge in [-0.2, -0.15) is 10.2 Å². The predicted molar refractivity (Wildman–Crippen MR) is 94.0 cm³/mol. The molecule has 2 aromatic heterocycles. The number of hydrogen-bond acceptors (Lipinski definition) is 3. The topological polar surface area (TPSA) is 87.6 Å². The lowest BCUT2D eigenvalue weighted by Gasteiger charge is -2.16. The average molecular weight is 326 g/mol. The van der Waals surface area contributed by atoms with Crippen molar-refractivity contribution in [3.8, 4) is 0 Å². The Balaban J connectivity index is 1.75. The van der Waals surface area contributed by atoms with Gasteiger partial charge in [-0.25, -0.2) is 4.79 Å². The minimum absolute atomic E-state index is 0.131. The number of H-pyrrole nitrogens is 1. The summed E-state index contributed by atoms with van der Waals surface area (Å²) in [4.78, 5) is 12.4. The molecule has 1 atom stereocenters. The fraction of sp³-hybridized carbons (Fsp3) is 0.353. The molecule has 0 saturated heterocycles. The van der Waals surface area contributed by atoms with Crippen molar-refractivity contribution in [3.05, 3.63) is 41.3 Å². The van der Waals surface area contributed by atoms with Crippen LogP contribution in [-0.4, -0.2) is 26.0 Å². The zero-order chi connectivity index (χ0) is 17.3. The normalized spacial score (nSPS) is 12.3. The summed E-state index contributed by atoms with van der Waals surface area (Å²) in [5, 5.41) is 18.2. The van der Waals surface area contributed by atoms with Crippen molar-refractivity contribution >= 4 is 22.6 Å². The van der Waals surface area contributed by atoms with E-state index in [1.165, 1.54) is 0 Å². The van der Waals surface area contributed by atoms with Crippen LogP contribution in [0.1, 0.15) is 36.8 Å². The van der Waals surface area contributed by atoms with Crippen LogP contribution in [0.4, 0.5) is 10.5 Å². The Hall–Kier alpha value is -2.83. The summed E-state index contributed by atoms with van der Waals surface area (Å²) in [7, 11) is 0. The lowest BCUT2D eigenvalue weighted by molar-refractivity contribution is 0.249. The molecule has 7 nitrogen and oxygen atoms in total. The highest BCUT2D eigenvalue weighted by Crippen LogP contribution is 2.23. The van der Waals surface area contributed by atoms with E-state index in [0.29, 0.717) is 0 Å². The quantitative estimate of drug-likeness (QED) is 0.687. The number of nitrogens with one attached hydrogen (secondary N) is 3. The van der Waals surface area contributed by atoms with Gasteiger partial charge in [-0.3, -0.25) is 9.78 Å². The van der Waals surface area contributed by atoms with E-state index in [1.807, 2.05) is 43.7 Å². The van der Waals surface area contributed by atoms with Gasteiger partial charge in [0.25, 0.3) is 0 Å². The van der Waals surface area contributed by atoms with Gasteiger partial charge in [-0.15, -0.1) is 0 Å². The number of benzene rings is 1. The third-order valence-corrected chi connectivity index (χ3v) is 4.25. The number of carbonyl (C=O) groups is 1. The van der Waals surface area contributed by atoms with Crippen LogP contribution >= 0.6 is 0 Å². The summed E-state index contributed by atoms with van der Waals surface area (Å²) >= 11 is 0. The molecular formula is C17H22N6O. The molecule has 1 aromatic carbocycles. The molecule has 0 spiro atoms. The van der Waals surface area contributed by atoms with Crippen molar-refractivity contribution in [2.24, 2.45) is 0 Å². The van der Waals surface area contributed by atoms with Crippen LogP contribution in [0.3, 0.4) is 0 Å². The summed E-state index contributed by atoms with van der Waals surface area (Å²) in [5.41, 5.74) is 4.70. The number of nitrogens with zero attached hydrogens (tertiary/aromatic N) is 3. The number of aromatic nitrogens is 4. The number of fused-ring (bicyclic) bond motifs is 1. The summed E-state index contributed by atoms with van der Waals surface area (Å²) < 4.78 is 1.95. The number of urea groups is 1. The molecular weight excluding hydrogens is 304 g/mol. The van der Waals surface area contributed by atoms with Crippen molar-refractivity contribution in [2.45, 2.75) is 40.3 Å². The Morgan fingerprint density at radius 1 is 1.38 bits per heavy atom. The minimum Gasteiger partial charge on any atom is -0.331 e. The molecule has 2 amide bonds. The van der Waals surface area contributed by atoms with Crippen LogP contribution in [0, 0.1) is 13.8 Å². The molecule has 3 aromatic rings. The van der Waals surface area contributed by atoms with E-state index in [0.717, 1.165) is 40.1 Å². The number of rotatable bonds is 4. The summed E-state index contributed by atoms with van der Waals surface area (Å²) in [6.07, 6.45) is 1.70. The molecule has 0 aliphatic rings. The van der Waals surface area contributed by atoms with Crippen LogP contribution in [-0.2, 0) is 6.54 Å². The molecule has 7 heteroatoms. The van der Waals surface area contributed by atoms with Gasteiger partial charge in [0.05, 0.1) is 29.1 Å². The number of anilines is 1.